The number of carbonyl (C=O) groups is 5. The molecular formula is C43H79NO11. The highest BCUT2D eigenvalue weighted by molar-refractivity contribution is 5.76. The van der Waals surface area contributed by atoms with Crippen molar-refractivity contribution in [1.29, 1.82) is 0 Å². The van der Waals surface area contributed by atoms with Crippen LogP contribution in [0.5, 0.6) is 0 Å². The van der Waals surface area contributed by atoms with Gasteiger partial charge in [-0.3, -0.25) is 19.2 Å². The lowest BCUT2D eigenvalue weighted by Gasteiger charge is -2.30. The number of hydrogen-bond donors (Lipinski definition) is 1. The van der Waals surface area contributed by atoms with E-state index in [4.69, 9.17) is 23.7 Å². The molecule has 0 rings (SSSR count). The third-order valence-electron chi connectivity index (χ3n) is 9.63. The fraction of sp³-hybridized carbons (Fsp3) is 0.884. The van der Waals surface area contributed by atoms with Crippen molar-refractivity contribution < 1.29 is 52.8 Å². The maximum Gasteiger partial charge on any atom is 0.508 e. The lowest BCUT2D eigenvalue weighted by atomic mass is 9.95. The zero-order valence-corrected chi connectivity index (χ0v) is 35.4. The van der Waals surface area contributed by atoms with Gasteiger partial charge >= 0.3 is 30.0 Å². The number of hydrogen-bond acceptors (Lipinski definition) is 11. The molecule has 2 unspecified atom stereocenters. The molecule has 55 heavy (non-hydrogen) atoms. The van der Waals surface area contributed by atoms with E-state index in [2.05, 4.69) is 20.8 Å². The molecule has 0 amide bonds. The van der Waals surface area contributed by atoms with Crippen LogP contribution in [0.25, 0.3) is 0 Å². The predicted octanol–water partition coefficient (Wildman–Crippen LogP) is 9.97. The van der Waals surface area contributed by atoms with E-state index in [1.165, 1.54) is 38.5 Å². The molecule has 0 spiro atoms. The van der Waals surface area contributed by atoms with Gasteiger partial charge < -0.3 is 33.7 Å². The Labute approximate surface area is 333 Å². The third kappa shape index (κ3) is 34.1. The molecule has 0 aromatic rings. The van der Waals surface area contributed by atoms with Crippen LogP contribution in [-0.4, -0.2) is 92.7 Å². The zero-order chi connectivity index (χ0) is 40.9. The predicted molar refractivity (Wildman–Crippen MR) is 215 cm³/mol. The first-order valence-electron chi connectivity index (χ1n) is 21.7. The van der Waals surface area contributed by atoms with E-state index in [-0.39, 0.29) is 45.5 Å². The Bertz CT molecular complexity index is 960. The lowest BCUT2D eigenvalue weighted by molar-refractivity contribution is -0.164. The normalized spacial score (nSPS) is 12.3. The Balaban J connectivity index is 5.99. The summed E-state index contributed by atoms with van der Waals surface area (Å²) < 4.78 is 28.4. The molecule has 322 valence electrons. The lowest BCUT2D eigenvalue weighted by Crippen LogP contribution is -2.38. The molecule has 0 aliphatic heterocycles. The summed E-state index contributed by atoms with van der Waals surface area (Å²) in [5.41, 5.74) is 0. The molecule has 0 aliphatic carbocycles. The van der Waals surface area contributed by atoms with Crippen LogP contribution in [0.2, 0.25) is 0 Å². The van der Waals surface area contributed by atoms with Crippen molar-refractivity contribution in [2.75, 3.05) is 40.5 Å². The van der Waals surface area contributed by atoms with E-state index < -0.39 is 54.6 Å². The van der Waals surface area contributed by atoms with Crippen molar-refractivity contribution in [3.05, 3.63) is 0 Å². The smallest absolute Gasteiger partial charge is 0.481 e. The van der Waals surface area contributed by atoms with E-state index in [0.29, 0.717) is 25.8 Å². The van der Waals surface area contributed by atoms with Crippen LogP contribution in [0.1, 0.15) is 188 Å². The Morgan fingerprint density at radius 3 is 1.44 bits per heavy atom. The van der Waals surface area contributed by atoms with Crippen LogP contribution in [0, 0.1) is 5.92 Å². The van der Waals surface area contributed by atoms with Gasteiger partial charge in [-0.1, -0.05) is 130 Å². The minimum atomic E-state index is -1.14. The summed E-state index contributed by atoms with van der Waals surface area (Å²) in [6.45, 7) is 6.73. The summed E-state index contributed by atoms with van der Waals surface area (Å²) in [4.78, 5) is 64.6. The Hall–Kier alpha value is -2.89. The molecule has 1 N–H and O–H groups in total. The van der Waals surface area contributed by atoms with Crippen LogP contribution >= 0.6 is 0 Å². The maximum atomic E-state index is 13.0. The first-order valence-corrected chi connectivity index (χ1v) is 21.7. The van der Waals surface area contributed by atoms with Gasteiger partial charge in [0.05, 0.1) is 18.8 Å². The topological polar surface area (TPSA) is 155 Å². The van der Waals surface area contributed by atoms with Crippen molar-refractivity contribution >= 4 is 30.0 Å². The number of nitrogens with zero attached hydrogens (tertiary/aromatic N) is 1. The summed E-state index contributed by atoms with van der Waals surface area (Å²) in [6, 6.07) is 0. The first-order chi connectivity index (χ1) is 26.5. The van der Waals surface area contributed by atoms with Gasteiger partial charge in [0, 0.05) is 25.8 Å². The highest BCUT2D eigenvalue weighted by Gasteiger charge is 2.33. The van der Waals surface area contributed by atoms with E-state index in [9.17, 15) is 29.1 Å². The zero-order valence-electron chi connectivity index (χ0n) is 35.4. The number of rotatable bonds is 38. The number of likely N-dealkylation sites (N-methyl/N-ethyl adjacent to an activating group) is 1. The largest absolute Gasteiger partial charge is 0.508 e. The Morgan fingerprint density at radius 1 is 0.527 bits per heavy atom. The SMILES string of the molecule is CCCCCCCCCCCCC(CC(OC(=O)CCC(=O)O)C(COC(=O)CCCCCCC)COC(=O)CCCCCCC)OC(=O)OCCN(C)C. The van der Waals surface area contributed by atoms with Crippen LogP contribution in [0.3, 0.4) is 0 Å². The molecule has 0 saturated heterocycles. The Morgan fingerprint density at radius 2 is 0.982 bits per heavy atom. The highest BCUT2D eigenvalue weighted by atomic mass is 16.7. The second-order valence-corrected chi connectivity index (χ2v) is 15.2. The monoisotopic (exact) mass is 786 g/mol. The van der Waals surface area contributed by atoms with Gasteiger partial charge in [0.1, 0.15) is 32.0 Å². The van der Waals surface area contributed by atoms with E-state index in [0.717, 1.165) is 77.0 Å². The van der Waals surface area contributed by atoms with Gasteiger partial charge in [-0.25, -0.2) is 4.79 Å². The molecular weight excluding hydrogens is 706 g/mol. The van der Waals surface area contributed by atoms with Crippen molar-refractivity contribution in [3.63, 3.8) is 0 Å². The number of esters is 3. The molecule has 0 aromatic heterocycles. The van der Waals surface area contributed by atoms with E-state index in [1.54, 1.807) is 0 Å². The third-order valence-corrected chi connectivity index (χ3v) is 9.63. The number of carbonyl (C=O) groups excluding carboxylic acids is 4. The fourth-order valence-electron chi connectivity index (χ4n) is 6.15. The minimum absolute atomic E-state index is 0.0345. The molecule has 0 aromatic carbocycles. The first kappa shape index (κ1) is 52.1. The fourth-order valence-corrected chi connectivity index (χ4v) is 6.15. The van der Waals surface area contributed by atoms with Gasteiger partial charge in [0.25, 0.3) is 0 Å². The van der Waals surface area contributed by atoms with Crippen LogP contribution in [0.4, 0.5) is 4.79 Å². The average Bonchev–Trinajstić information content (AvgIpc) is 3.14. The standard InChI is InChI=1S/C43H79NO11/c1-6-9-12-15-16-17-18-19-22-23-26-37(54-43(50)51-32-31-44(4)5)33-38(55-42(49)30-29-39(45)46)36(34-52-40(47)27-24-20-13-10-7-2)35-53-41(48)28-25-21-14-11-8-3/h36-38H,6-35H2,1-5H3,(H,45,46). The van der Waals surface area contributed by atoms with Crippen LogP contribution < -0.4 is 0 Å². The summed E-state index contributed by atoms with van der Waals surface area (Å²) in [5, 5.41) is 9.21. The molecule has 2 atom stereocenters. The average molecular weight is 786 g/mol. The van der Waals surface area contributed by atoms with Crippen molar-refractivity contribution in [2.24, 2.45) is 5.92 Å². The number of aliphatic carboxylic acids is 1. The summed E-state index contributed by atoms with van der Waals surface area (Å²) >= 11 is 0. The van der Waals surface area contributed by atoms with Crippen molar-refractivity contribution in [3.8, 4) is 0 Å². The Kier molecular flexibility index (Phi) is 34.8. The molecule has 0 aliphatic rings. The molecule has 12 heteroatoms. The number of carboxylic acids is 1. The van der Waals surface area contributed by atoms with E-state index in [1.807, 2.05) is 19.0 Å². The second-order valence-electron chi connectivity index (χ2n) is 15.2. The molecule has 0 saturated carbocycles. The summed E-state index contributed by atoms with van der Waals surface area (Å²) in [5.74, 6) is -3.48. The van der Waals surface area contributed by atoms with Gasteiger partial charge in [0.15, 0.2) is 0 Å². The number of unbranched alkanes of at least 4 members (excludes halogenated alkanes) is 17. The molecule has 0 heterocycles. The quantitative estimate of drug-likeness (QED) is 0.0360. The van der Waals surface area contributed by atoms with Gasteiger partial charge in [-0.15, -0.1) is 0 Å². The summed E-state index contributed by atoms with van der Waals surface area (Å²) in [7, 11) is 3.73. The minimum Gasteiger partial charge on any atom is -0.481 e. The number of carboxylic acid groups (broad SMARTS) is 1. The number of ether oxygens (including phenoxy) is 5. The molecule has 0 bridgehead atoms. The van der Waals surface area contributed by atoms with Gasteiger partial charge in [-0.2, -0.15) is 0 Å². The van der Waals surface area contributed by atoms with Gasteiger partial charge in [0.2, 0.25) is 0 Å². The second kappa shape index (κ2) is 36.7. The van der Waals surface area contributed by atoms with E-state index >= 15 is 0 Å². The van der Waals surface area contributed by atoms with Crippen LogP contribution in [0.15, 0.2) is 0 Å². The molecule has 0 fully saturated rings. The summed E-state index contributed by atoms with van der Waals surface area (Å²) in [6.07, 6.45) is 18.6. The van der Waals surface area contributed by atoms with Crippen LogP contribution in [-0.2, 0) is 42.9 Å². The van der Waals surface area contributed by atoms with Gasteiger partial charge in [-0.05, 0) is 39.8 Å². The maximum absolute atomic E-state index is 13.0. The highest BCUT2D eigenvalue weighted by Crippen LogP contribution is 2.24. The van der Waals surface area contributed by atoms with Crippen molar-refractivity contribution in [2.45, 2.75) is 200 Å². The molecule has 12 nitrogen and oxygen atoms in total. The molecule has 0 radical (unpaired) electrons. The van der Waals surface area contributed by atoms with Crippen molar-refractivity contribution in [1.82, 2.24) is 4.90 Å².